The highest BCUT2D eigenvalue weighted by atomic mass is 79.9. The highest BCUT2D eigenvalue weighted by molar-refractivity contribution is 9.47. The highest BCUT2D eigenvalue weighted by Crippen LogP contribution is 2.01. The van der Waals surface area contributed by atoms with E-state index >= 15 is 0 Å². The van der Waals surface area contributed by atoms with Crippen molar-refractivity contribution in [3.63, 3.8) is 0 Å². The monoisotopic (exact) mass is 160 g/mol. The Hall–Kier alpha value is 0.360. The molecule has 0 radical (unpaired) electrons. The molecule has 0 amide bonds. The minimum Gasteiger partial charge on any atom is -0.234 e. The largest absolute Gasteiger partial charge is 0.234 e. The van der Waals surface area contributed by atoms with Gasteiger partial charge in [0.25, 0.3) is 0 Å². The first-order valence-corrected chi connectivity index (χ1v) is 4.09. The Morgan fingerprint density at radius 2 is 1.60 bits per heavy atom. The van der Waals surface area contributed by atoms with Gasteiger partial charge in [0.1, 0.15) is 0 Å². The molecule has 5 heavy (non-hydrogen) atoms. The number of halogens is 2. The fourth-order valence-corrected chi connectivity index (χ4v) is 0. The third-order valence-corrected chi connectivity index (χ3v) is 0. The molecule has 0 bridgehead atoms. The maximum atomic E-state index is 11.0. The van der Waals surface area contributed by atoms with Crippen molar-refractivity contribution >= 4 is 23.3 Å². The van der Waals surface area contributed by atoms with Crippen molar-refractivity contribution in [3.05, 3.63) is 0 Å². The van der Waals surface area contributed by atoms with Crippen molar-refractivity contribution in [1.29, 1.82) is 9.56 Å². The van der Waals surface area contributed by atoms with E-state index in [0.29, 0.717) is 0 Å². The first-order valence-electron chi connectivity index (χ1n) is 0.717. The van der Waals surface area contributed by atoms with Crippen LogP contribution in [-0.4, -0.2) is 0 Å². The molecular formula is H2BrFN2S. The fraction of sp³-hybridized carbons (Fsp3) is 0. The molecule has 0 heterocycles. The maximum Gasteiger partial charge on any atom is 0.153 e. The predicted octanol–water partition coefficient (Wildman–Crippen LogP) is 1.86. The third kappa shape index (κ3) is 187. The van der Waals surface area contributed by atoms with Crippen molar-refractivity contribution in [2.45, 2.75) is 0 Å². The minimum atomic E-state index is -3.35. The first kappa shape index (κ1) is 5.36. The van der Waals surface area contributed by atoms with Gasteiger partial charge in [0.05, 0.1) is 0 Å². The lowest BCUT2D eigenvalue weighted by molar-refractivity contribution is 0.914. The van der Waals surface area contributed by atoms with Crippen molar-refractivity contribution in [2.24, 2.45) is 0 Å². The molecule has 0 aromatic heterocycles. The Balaban J connectivity index is 4.06. The molecule has 32 valence electrons. The Kier molecular flexibility index (Phi) is 1.30. The SMILES string of the molecule is N=S(=N)(F)Br. The maximum absolute atomic E-state index is 11.0. The smallest absolute Gasteiger partial charge is 0.153 e. The van der Waals surface area contributed by atoms with Gasteiger partial charge >= 0.3 is 0 Å². The Morgan fingerprint density at radius 3 is 1.60 bits per heavy atom. The van der Waals surface area contributed by atoms with Gasteiger partial charge in [-0.15, -0.1) is 3.89 Å². The van der Waals surface area contributed by atoms with E-state index in [-0.39, 0.29) is 0 Å². The zero-order valence-corrected chi connectivity index (χ0v) is 4.57. The molecule has 0 rings (SSSR count). The number of nitrogens with one attached hydrogen (secondary N) is 2. The molecule has 0 fully saturated rings. The molecule has 0 aliphatic rings. The Labute approximate surface area is 37.3 Å². The number of hydrogen-bond donors (Lipinski definition) is 2. The van der Waals surface area contributed by atoms with Gasteiger partial charge in [-0.1, -0.05) is 0 Å². The van der Waals surface area contributed by atoms with Crippen molar-refractivity contribution in [3.8, 4) is 0 Å². The summed E-state index contributed by atoms with van der Waals surface area (Å²) >= 11 is 2.12. The average Bonchev–Trinajstić information content (AvgIpc) is 0.722. The molecular weight excluding hydrogens is 159 g/mol. The lowest BCUT2D eigenvalue weighted by Gasteiger charge is -1.72. The average molecular weight is 161 g/mol. The third-order valence-electron chi connectivity index (χ3n) is 0. The second kappa shape index (κ2) is 1.22. The van der Waals surface area contributed by atoms with E-state index in [0.717, 1.165) is 0 Å². The molecule has 0 aliphatic carbocycles. The summed E-state index contributed by atoms with van der Waals surface area (Å²) in [5.41, 5.74) is 0. The predicted molar refractivity (Wildman–Crippen MR) is 22.8 cm³/mol. The lowest BCUT2D eigenvalue weighted by Crippen LogP contribution is -1.54. The van der Waals surface area contributed by atoms with Crippen LogP contribution in [0.15, 0.2) is 0 Å². The van der Waals surface area contributed by atoms with Crippen LogP contribution in [0, 0.1) is 9.56 Å². The second-order valence-corrected chi connectivity index (χ2v) is 4.08. The summed E-state index contributed by atoms with van der Waals surface area (Å²) < 4.78 is 22.9. The van der Waals surface area contributed by atoms with Crippen LogP contribution in [-0.2, 0) is 8.44 Å². The van der Waals surface area contributed by atoms with Crippen molar-refractivity contribution < 1.29 is 3.89 Å². The quantitative estimate of drug-likeness (QED) is 0.544. The normalized spacial score (nSPS) is 11.6. The van der Waals surface area contributed by atoms with E-state index in [2.05, 4.69) is 14.8 Å². The van der Waals surface area contributed by atoms with E-state index in [9.17, 15) is 3.89 Å². The molecule has 2 nitrogen and oxygen atoms in total. The molecule has 0 aromatic rings. The van der Waals surface area contributed by atoms with E-state index in [4.69, 9.17) is 9.56 Å². The molecule has 0 atom stereocenters. The fourth-order valence-electron chi connectivity index (χ4n) is 0. The van der Waals surface area contributed by atoms with E-state index in [1.807, 2.05) is 0 Å². The molecule has 0 aliphatic heterocycles. The van der Waals surface area contributed by atoms with Gasteiger partial charge < -0.3 is 0 Å². The highest BCUT2D eigenvalue weighted by Gasteiger charge is 1.77. The van der Waals surface area contributed by atoms with Gasteiger partial charge in [-0.2, -0.15) is 0 Å². The van der Waals surface area contributed by atoms with Crippen molar-refractivity contribution in [1.82, 2.24) is 0 Å². The summed E-state index contributed by atoms with van der Waals surface area (Å²) in [5.74, 6) is 0. The van der Waals surface area contributed by atoms with Crippen LogP contribution in [0.25, 0.3) is 0 Å². The zero-order valence-electron chi connectivity index (χ0n) is 2.16. The van der Waals surface area contributed by atoms with Crippen LogP contribution in [0.5, 0.6) is 0 Å². The van der Waals surface area contributed by atoms with E-state index in [1.54, 1.807) is 0 Å². The summed E-state index contributed by atoms with van der Waals surface area (Å²) in [7, 11) is -3.35. The van der Waals surface area contributed by atoms with Gasteiger partial charge in [0, 0.05) is 14.8 Å². The van der Waals surface area contributed by atoms with Gasteiger partial charge in [0.2, 0.25) is 0 Å². The molecule has 0 saturated carbocycles. The van der Waals surface area contributed by atoms with Crippen LogP contribution in [0.1, 0.15) is 0 Å². The molecule has 0 spiro atoms. The molecule has 0 unspecified atom stereocenters. The summed E-state index contributed by atoms with van der Waals surface area (Å²) in [6.45, 7) is 0. The number of rotatable bonds is 0. The first-order chi connectivity index (χ1) is 2.00. The zero-order chi connectivity index (χ0) is 4.50. The molecule has 5 heteroatoms. The van der Waals surface area contributed by atoms with E-state index in [1.165, 1.54) is 0 Å². The molecule has 0 saturated heterocycles. The van der Waals surface area contributed by atoms with Gasteiger partial charge in [-0.3, -0.25) is 0 Å². The van der Waals surface area contributed by atoms with Gasteiger partial charge in [-0.25, -0.2) is 9.56 Å². The summed E-state index contributed by atoms with van der Waals surface area (Å²) in [6, 6.07) is 0. The lowest BCUT2D eigenvalue weighted by atomic mass is 14.0. The Morgan fingerprint density at radius 1 is 1.60 bits per heavy atom. The summed E-state index contributed by atoms with van der Waals surface area (Å²) in [5, 5.41) is 0. The Bertz CT molecular complexity index is 92.8. The standard InChI is InChI=1S/BrFH2N2S/c1-5(2,3)4/h3-4H. The van der Waals surface area contributed by atoms with Gasteiger partial charge in [0.15, 0.2) is 8.44 Å². The van der Waals surface area contributed by atoms with E-state index < -0.39 is 8.44 Å². The van der Waals surface area contributed by atoms with Crippen LogP contribution in [0.4, 0.5) is 3.89 Å². The van der Waals surface area contributed by atoms with Crippen LogP contribution < -0.4 is 0 Å². The second-order valence-electron chi connectivity index (χ2n) is 0.469. The van der Waals surface area contributed by atoms with Gasteiger partial charge in [-0.05, 0) is 0 Å². The summed E-state index contributed by atoms with van der Waals surface area (Å²) in [4.78, 5) is 0. The topological polar surface area (TPSA) is 47.7 Å². The van der Waals surface area contributed by atoms with Crippen LogP contribution in [0.3, 0.4) is 0 Å². The number of hydrogen-bond acceptors (Lipinski definition) is 2. The van der Waals surface area contributed by atoms with Crippen LogP contribution >= 0.6 is 14.8 Å². The molecule has 2 N–H and O–H groups in total. The summed E-state index contributed by atoms with van der Waals surface area (Å²) in [6.07, 6.45) is 0. The van der Waals surface area contributed by atoms with Crippen LogP contribution in [0.2, 0.25) is 0 Å². The minimum absolute atomic E-state index is 2.12. The molecule has 0 aromatic carbocycles. The van der Waals surface area contributed by atoms with Crippen molar-refractivity contribution in [2.75, 3.05) is 0 Å².